The molecule has 15 nitrogen and oxygen atoms in total. The number of ether oxygens (including phenoxy) is 8. The smallest absolute Gasteiger partial charge is 0.460 e. The van der Waals surface area contributed by atoms with E-state index < -0.39 is 32.5 Å². The molecule has 0 radical (unpaired) electrons. The fraction of sp³-hybridized carbons (Fsp3) is 0.949. The van der Waals surface area contributed by atoms with Crippen molar-refractivity contribution in [1.82, 2.24) is 0 Å². The van der Waals surface area contributed by atoms with Gasteiger partial charge in [0.15, 0.2) is 6.10 Å². The van der Waals surface area contributed by atoms with Gasteiger partial charge in [-0.15, -0.1) is 0 Å². The molecular weight excluding hydrogens is 737 g/mol. The molecule has 0 fully saturated rings. The molecular formula is C39H79NO14P+. The molecule has 0 aromatic carbocycles. The van der Waals surface area contributed by atoms with E-state index in [1.807, 2.05) is 21.1 Å². The molecule has 2 atom stereocenters. The number of carbonyl (C=O) groups is 2. The first-order valence-corrected chi connectivity index (χ1v) is 22.1. The zero-order valence-electron chi connectivity index (χ0n) is 35.1. The number of hydrogen-bond donors (Lipinski definition) is 1. The monoisotopic (exact) mass is 817 g/mol. The molecule has 55 heavy (non-hydrogen) atoms. The maximum absolute atomic E-state index is 12.6. The summed E-state index contributed by atoms with van der Waals surface area (Å²) in [6, 6.07) is 0. The van der Waals surface area contributed by atoms with Crippen LogP contribution in [0.15, 0.2) is 0 Å². The van der Waals surface area contributed by atoms with Crippen LogP contribution in [0.1, 0.15) is 110 Å². The van der Waals surface area contributed by atoms with Crippen LogP contribution >= 0.6 is 7.82 Å². The third-order valence-electron chi connectivity index (χ3n) is 8.29. The minimum atomic E-state index is -4.43. The van der Waals surface area contributed by atoms with Crippen molar-refractivity contribution in [2.75, 3.05) is 127 Å². The fourth-order valence-electron chi connectivity index (χ4n) is 5.05. The normalized spacial score (nSPS) is 13.5. The molecule has 0 aliphatic carbocycles. The van der Waals surface area contributed by atoms with Crippen LogP contribution in [0.3, 0.4) is 0 Å². The predicted molar refractivity (Wildman–Crippen MR) is 211 cm³/mol. The van der Waals surface area contributed by atoms with Crippen LogP contribution in [0.4, 0.5) is 0 Å². The maximum Gasteiger partial charge on any atom is 0.472 e. The Balaban J connectivity index is 4.28. The van der Waals surface area contributed by atoms with E-state index in [4.69, 9.17) is 46.9 Å². The van der Waals surface area contributed by atoms with Gasteiger partial charge in [-0.05, 0) is 6.42 Å². The number of hydrogen-bond acceptors (Lipinski definition) is 13. The second-order valence-corrected chi connectivity index (χ2v) is 16.1. The third-order valence-corrected chi connectivity index (χ3v) is 9.28. The number of nitrogens with zero attached hydrogens (tertiary/aromatic N) is 1. The summed E-state index contributed by atoms with van der Waals surface area (Å²) in [7, 11) is 2.96. The van der Waals surface area contributed by atoms with Gasteiger partial charge in [-0.3, -0.25) is 13.8 Å². The van der Waals surface area contributed by atoms with Gasteiger partial charge in [-0.2, -0.15) is 0 Å². The molecule has 0 aromatic heterocycles. The number of quaternary nitrogens is 1. The van der Waals surface area contributed by atoms with E-state index in [-0.39, 0.29) is 39.5 Å². The van der Waals surface area contributed by atoms with E-state index in [1.54, 1.807) is 7.11 Å². The van der Waals surface area contributed by atoms with Crippen LogP contribution in [0.25, 0.3) is 0 Å². The Morgan fingerprint density at radius 3 is 1.45 bits per heavy atom. The summed E-state index contributed by atoms with van der Waals surface area (Å²) in [5.41, 5.74) is 0. The van der Waals surface area contributed by atoms with Crippen LogP contribution in [0, 0.1) is 0 Å². The van der Waals surface area contributed by atoms with Crippen molar-refractivity contribution in [2.45, 2.75) is 116 Å². The first kappa shape index (κ1) is 53.8. The van der Waals surface area contributed by atoms with Gasteiger partial charge in [0, 0.05) is 13.5 Å². The molecule has 16 heteroatoms. The minimum absolute atomic E-state index is 0.00847. The van der Waals surface area contributed by atoms with Gasteiger partial charge < -0.3 is 47.3 Å². The van der Waals surface area contributed by atoms with Crippen molar-refractivity contribution in [2.24, 2.45) is 0 Å². The molecule has 0 spiro atoms. The Morgan fingerprint density at radius 2 is 1.00 bits per heavy atom. The molecule has 0 rings (SSSR count). The zero-order chi connectivity index (χ0) is 40.7. The minimum Gasteiger partial charge on any atom is -0.460 e. The average Bonchev–Trinajstić information content (AvgIpc) is 3.13. The average molecular weight is 817 g/mol. The number of phosphoric ester groups is 1. The van der Waals surface area contributed by atoms with E-state index in [2.05, 4.69) is 6.92 Å². The third kappa shape index (κ3) is 42.2. The van der Waals surface area contributed by atoms with Crippen molar-refractivity contribution >= 4 is 19.8 Å². The molecule has 0 amide bonds. The predicted octanol–water partition coefficient (Wildman–Crippen LogP) is 6.27. The highest BCUT2D eigenvalue weighted by atomic mass is 31.2. The number of methoxy groups -OCH3 is 1. The summed E-state index contributed by atoms with van der Waals surface area (Å²) in [4.78, 5) is 35.1. The van der Waals surface area contributed by atoms with Crippen LogP contribution in [-0.4, -0.2) is 155 Å². The molecule has 0 aromatic rings. The van der Waals surface area contributed by atoms with Crippen molar-refractivity contribution in [3.63, 3.8) is 0 Å². The highest BCUT2D eigenvalue weighted by Gasteiger charge is 2.27. The van der Waals surface area contributed by atoms with Gasteiger partial charge in [-0.1, -0.05) is 96.8 Å². The Kier molecular flexibility index (Phi) is 37.4. The number of carbonyl (C=O) groups excluding carboxylic acids is 2. The Hall–Kier alpha value is -1.23. The molecule has 0 saturated heterocycles. The Bertz CT molecular complexity index is 924. The molecule has 0 saturated carbocycles. The number of esters is 2. The fourth-order valence-corrected chi connectivity index (χ4v) is 5.79. The number of likely N-dealkylation sites (N-methyl/N-ethyl adjacent to an activating group) is 1. The van der Waals surface area contributed by atoms with Crippen molar-refractivity contribution in [1.29, 1.82) is 0 Å². The molecule has 0 bridgehead atoms. The van der Waals surface area contributed by atoms with E-state index in [1.165, 1.54) is 70.6 Å². The summed E-state index contributed by atoms with van der Waals surface area (Å²) in [5.74, 6) is -1.19. The Morgan fingerprint density at radius 1 is 0.564 bits per heavy atom. The largest absolute Gasteiger partial charge is 0.472 e. The standard InChI is InChI=1S/C39H78NO14P/c1-6-7-8-9-10-11-12-13-14-15-16-17-18-19-20-21-38(41)54-37(35-53-55(43,44)52-23-22-40(2,3)4)34-51-39(42)36-50-33-32-49-31-30-48-29-28-47-27-26-46-25-24-45-5/h37H,6-36H2,1-5H3/p+1. The SMILES string of the molecule is CCCCCCCCCCCCCCCCCC(=O)OC(COC(=O)COCCOCCOCCOCCOCCOC)COP(=O)(O)OCC[N+](C)(C)C. The van der Waals surface area contributed by atoms with Crippen LogP contribution < -0.4 is 0 Å². The first-order valence-electron chi connectivity index (χ1n) is 20.6. The van der Waals surface area contributed by atoms with Gasteiger partial charge in [-0.25, -0.2) is 9.36 Å². The summed E-state index contributed by atoms with van der Waals surface area (Å²) < 4.78 is 65.6. The molecule has 0 aliphatic heterocycles. The topological polar surface area (TPSA) is 164 Å². The lowest BCUT2D eigenvalue weighted by Gasteiger charge is -2.24. The number of unbranched alkanes of at least 4 members (excludes halogenated alkanes) is 14. The Labute approximate surface area is 332 Å². The number of phosphoric acid groups is 1. The van der Waals surface area contributed by atoms with Crippen molar-refractivity contribution < 1.29 is 70.5 Å². The summed E-state index contributed by atoms with van der Waals surface area (Å²) in [6.07, 6.45) is 17.4. The lowest BCUT2D eigenvalue weighted by molar-refractivity contribution is -0.870. The quantitative estimate of drug-likeness (QED) is 0.0317. The lowest BCUT2D eigenvalue weighted by atomic mass is 10.0. The highest BCUT2D eigenvalue weighted by molar-refractivity contribution is 7.47. The second-order valence-electron chi connectivity index (χ2n) is 14.6. The summed E-state index contributed by atoms with van der Waals surface area (Å²) >= 11 is 0. The van der Waals surface area contributed by atoms with Gasteiger partial charge in [0.2, 0.25) is 0 Å². The molecule has 0 aliphatic rings. The maximum atomic E-state index is 12.6. The van der Waals surface area contributed by atoms with Crippen LogP contribution in [0.5, 0.6) is 0 Å². The van der Waals surface area contributed by atoms with Gasteiger partial charge in [0.05, 0.1) is 93.8 Å². The summed E-state index contributed by atoms with van der Waals surface area (Å²) in [5, 5.41) is 0. The van der Waals surface area contributed by atoms with E-state index >= 15 is 0 Å². The molecule has 328 valence electrons. The van der Waals surface area contributed by atoms with Crippen LogP contribution in [0.2, 0.25) is 0 Å². The van der Waals surface area contributed by atoms with Crippen molar-refractivity contribution in [3.05, 3.63) is 0 Å². The van der Waals surface area contributed by atoms with Crippen molar-refractivity contribution in [3.8, 4) is 0 Å². The van der Waals surface area contributed by atoms with E-state index in [9.17, 15) is 19.0 Å². The van der Waals surface area contributed by atoms with Crippen LogP contribution in [-0.2, 0) is 61.1 Å². The van der Waals surface area contributed by atoms with Gasteiger partial charge in [0.25, 0.3) is 0 Å². The molecule has 0 heterocycles. The van der Waals surface area contributed by atoms with Gasteiger partial charge in [0.1, 0.15) is 26.4 Å². The summed E-state index contributed by atoms with van der Waals surface area (Å²) in [6.45, 7) is 5.63. The number of rotatable bonds is 43. The highest BCUT2D eigenvalue weighted by Crippen LogP contribution is 2.43. The second kappa shape index (κ2) is 38.3. The van der Waals surface area contributed by atoms with E-state index in [0.717, 1.165) is 19.3 Å². The first-order chi connectivity index (χ1) is 26.5. The molecule has 2 unspecified atom stereocenters. The van der Waals surface area contributed by atoms with Gasteiger partial charge >= 0.3 is 19.8 Å². The molecule has 1 N–H and O–H groups in total. The van der Waals surface area contributed by atoms with E-state index in [0.29, 0.717) is 70.3 Å². The zero-order valence-corrected chi connectivity index (χ0v) is 36.0. The lowest BCUT2D eigenvalue weighted by Crippen LogP contribution is -2.37.